The van der Waals surface area contributed by atoms with Gasteiger partial charge in [0.05, 0.1) is 5.56 Å². The molecule has 0 bridgehead atoms. The Morgan fingerprint density at radius 3 is 2.21 bits per heavy atom. The maximum Gasteiger partial charge on any atom is 0.416 e. The third-order valence-electron chi connectivity index (χ3n) is 2.93. The maximum absolute atomic E-state index is 13.3. The molecule has 2 rings (SSSR count). The van der Waals surface area contributed by atoms with E-state index >= 15 is 0 Å². The molecule has 0 atom stereocenters. The number of nitrogens with one attached hydrogen (secondary N) is 1. The number of thiol groups is 1. The number of halogens is 5. The molecule has 0 aromatic heterocycles. The van der Waals surface area contributed by atoms with Crippen LogP contribution in [0, 0.1) is 11.6 Å². The Morgan fingerprint density at radius 1 is 1.08 bits per heavy atom. The molecule has 0 saturated carbocycles. The van der Waals surface area contributed by atoms with E-state index in [9.17, 15) is 31.9 Å². The molecule has 2 N–H and O–H groups in total. The number of phenols is 1. The summed E-state index contributed by atoms with van der Waals surface area (Å²) in [6.07, 6.45) is -4.52. The number of hydrogen-bond acceptors (Lipinski definition) is 3. The van der Waals surface area contributed by atoms with Crippen LogP contribution < -0.4 is 9.62 Å². The molecule has 2 aromatic carbocycles. The van der Waals surface area contributed by atoms with Gasteiger partial charge in [0.1, 0.15) is 5.69 Å². The smallest absolute Gasteiger partial charge is 0.416 e. The maximum atomic E-state index is 13.3. The zero-order valence-corrected chi connectivity index (χ0v) is 12.5. The van der Waals surface area contributed by atoms with E-state index in [0.29, 0.717) is 10.4 Å². The fourth-order valence-corrected chi connectivity index (χ4v) is 1.94. The summed E-state index contributed by atoms with van der Waals surface area (Å²) in [6.45, 7) is 0. The first-order valence-electron chi connectivity index (χ1n) is 6.25. The number of hydrogen-bond donors (Lipinski definition) is 3. The lowest BCUT2D eigenvalue weighted by Crippen LogP contribution is -2.27. The van der Waals surface area contributed by atoms with Gasteiger partial charge in [0, 0.05) is 5.69 Å². The molecule has 0 aliphatic heterocycles. The van der Waals surface area contributed by atoms with Gasteiger partial charge in [-0.3, -0.25) is 0 Å². The van der Waals surface area contributed by atoms with Crippen molar-refractivity contribution in [2.75, 3.05) is 9.62 Å². The van der Waals surface area contributed by atoms with Crippen molar-refractivity contribution in [1.29, 1.82) is 0 Å². The monoisotopic (exact) mass is 364 g/mol. The number of anilines is 2. The third-order valence-corrected chi connectivity index (χ3v) is 3.33. The van der Waals surface area contributed by atoms with E-state index in [2.05, 4.69) is 18.1 Å². The number of carbonyl (C=O) groups excluding carboxylic acids is 1. The molecule has 0 heterocycles. The molecule has 0 radical (unpaired) electrons. The lowest BCUT2D eigenvalue weighted by molar-refractivity contribution is -0.137. The summed E-state index contributed by atoms with van der Waals surface area (Å²) in [7, 11) is 0. The topological polar surface area (TPSA) is 52.6 Å². The van der Waals surface area contributed by atoms with Crippen LogP contribution in [0.2, 0.25) is 0 Å². The molecule has 0 aliphatic carbocycles. The largest absolute Gasteiger partial charge is 0.503 e. The lowest BCUT2D eigenvalue weighted by Gasteiger charge is -2.18. The first-order valence-corrected chi connectivity index (χ1v) is 6.65. The van der Waals surface area contributed by atoms with E-state index in [0.717, 1.165) is 30.3 Å². The number of nitrogens with zero attached hydrogens (tertiary/aromatic N) is 1. The average Bonchev–Trinajstić information content (AvgIpc) is 2.52. The molecule has 2 aromatic rings. The quantitative estimate of drug-likeness (QED) is 0.540. The summed E-state index contributed by atoms with van der Waals surface area (Å²) in [5, 5.41) is 11.7. The second-order valence-electron chi connectivity index (χ2n) is 4.55. The summed E-state index contributed by atoms with van der Waals surface area (Å²) < 4.78 is 64.0. The predicted octanol–water partition coefficient (Wildman–Crippen LogP) is 4.57. The van der Waals surface area contributed by atoms with Gasteiger partial charge in [-0.05, 0) is 36.4 Å². The van der Waals surface area contributed by atoms with Crippen molar-refractivity contribution in [3.63, 3.8) is 0 Å². The van der Waals surface area contributed by atoms with Crippen molar-refractivity contribution in [2.45, 2.75) is 6.18 Å². The highest BCUT2D eigenvalue weighted by Gasteiger charge is 2.30. The van der Waals surface area contributed by atoms with Crippen molar-refractivity contribution in [2.24, 2.45) is 0 Å². The molecule has 0 fully saturated rings. The standard InChI is InChI=1S/C14H9F5N2O2S/c15-9-5-6-10(12(22)11(9)16)21(24)13(23)20-8-3-1-7(2-4-8)14(17,18)19/h1-6,22,24H,(H,20,23). The normalized spacial score (nSPS) is 11.2. The zero-order chi connectivity index (χ0) is 18.1. The van der Waals surface area contributed by atoms with Crippen molar-refractivity contribution in [3.05, 3.63) is 53.6 Å². The van der Waals surface area contributed by atoms with Gasteiger partial charge in [0.25, 0.3) is 0 Å². The average molecular weight is 364 g/mol. The minimum absolute atomic E-state index is 0.00845. The molecule has 128 valence electrons. The number of benzene rings is 2. The molecule has 0 unspecified atom stereocenters. The Kier molecular flexibility index (Phi) is 4.88. The minimum Gasteiger partial charge on any atom is -0.503 e. The van der Waals surface area contributed by atoms with Crippen LogP contribution in [-0.4, -0.2) is 11.1 Å². The Balaban J connectivity index is 2.16. The van der Waals surface area contributed by atoms with Gasteiger partial charge >= 0.3 is 12.2 Å². The van der Waals surface area contributed by atoms with Gasteiger partial charge in [-0.2, -0.15) is 17.6 Å². The number of carbonyl (C=O) groups is 1. The van der Waals surface area contributed by atoms with Gasteiger partial charge in [-0.25, -0.2) is 13.5 Å². The van der Waals surface area contributed by atoms with Crippen LogP contribution in [0.25, 0.3) is 0 Å². The number of rotatable bonds is 2. The Labute approximate surface area is 138 Å². The minimum atomic E-state index is -4.52. The first-order chi connectivity index (χ1) is 11.1. The Hall–Kier alpha value is -2.49. The molecule has 10 heteroatoms. The van der Waals surface area contributed by atoms with Crippen LogP contribution in [-0.2, 0) is 6.18 Å². The lowest BCUT2D eigenvalue weighted by atomic mass is 10.2. The number of phenolic OH excluding ortho intramolecular Hbond substituents is 1. The molecular formula is C14H9F5N2O2S. The van der Waals surface area contributed by atoms with E-state index in [-0.39, 0.29) is 5.69 Å². The molecule has 0 spiro atoms. The molecule has 2 amide bonds. The summed E-state index contributed by atoms with van der Waals surface area (Å²) in [6, 6.07) is 4.12. The second-order valence-corrected chi connectivity index (χ2v) is 4.95. The number of alkyl halides is 3. The molecule has 0 saturated heterocycles. The van der Waals surface area contributed by atoms with Gasteiger partial charge in [0.15, 0.2) is 11.6 Å². The van der Waals surface area contributed by atoms with Crippen LogP contribution in [0.4, 0.5) is 38.1 Å². The van der Waals surface area contributed by atoms with Gasteiger partial charge in [-0.15, -0.1) is 0 Å². The van der Waals surface area contributed by atoms with E-state index in [4.69, 9.17) is 0 Å². The predicted molar refractivity (Wildman–Crippen MR) is 80.0 cm³/mol. The zero-order valence-electron chi connectivity index (χ0n) is 11.6. The van der Waals surface area contributed by atoms with E-state index < -0.39 is 40.8 Å². The first kappa shape index (κ1) is 17.9. The third kappa shape index (κ3) is 3.70. The number of aromatic hydroxyl groups is 1. The highest BCUT2D eigenvalue weighted by Crippen LogP contribution is 2.33. The van der Waals surface area contributed by atoms with Gasteiger partial charge < -0.3 is 10.4 Å². The summed E-state index contributed by atoms with van der Waals surface area (Å²) in [5.74, 6) is -4.01. The SMILES string of the molecule is O=C(Nc1ccc(C(F)(F)F)cc1)N(S)c1ccc(F)c(F)c1O. The van der Waals surface area contributed by atoms with E-state index in [1.54, 1.807) is 0 Å². The van der Waals surface area contributed by atoms with Crippen LogP contribution in [0.1, 0.15) is 5.56 Å². The molecule has 4 nitrogen and oxygen atoms in total. The fraction of sp³-hybridized carbons (Fsp3) is 0.0714. The highest BCUT2D eigenvalue weighted by molar-refractivity contribution is 7.82. The van der Waals surface area contributed by atoms with Crippen LogP contribution >= 0.6 is 12.8 Å². The number of amides is 2. The van der Waals surface area contributed by atoms with Crippen LogP contribution in [0.3, 0.4) is 0 Å². The fourth-order valence-electron chi connectivity index (χ4n) is 1.73. The van der Waals surface area contributed by atoms with Crippen molar-refractivity contribution in [3.8, 4) is 5.75 Å². The van der Waals surface area contributed by atoms with Gasteiger partial charge in [0.2, 0.25) is 5.82 Å². The summed E-state index contributed by atoms with van der Waals surface area (Å²) in [5.41, 5.74) is -1.34. The summed E-state index contributed by atoms with van der Waals surface area (Å²) in [4.78, 5) is 11.9. The molecule has 24 heavy (non-hydrogen) atoms. The summed E-state index contributed by atoms with van der Waals surface area (Å²) >= 11 is 3.75. The number of urea groups is 1. The van der Waals surface area contributed by atoms with Crippen molar-refractivity contribution in [1.82, 2.24) is 0 Å². The van der Waals surface area contributed by atoms with Crippen LogP contribution in [0.15, 0.2) is 36.4 Å². The molecular weight excluding hydrogens is 355 g/mol. The molecule has 0 aliphatic rings. The van der Waals surface area contributed by atoms with Crippen molar-refractivity contribution < 1.29 is 31.9 Å². The Bertz CT molecular complexity index is 765. The van der Waals surface area contributed by atoms with E-state index in [1.807, 2.05) is 0 Å². The highest BCUT2D eigenvalue weighted by atomic mass is 32.1. The second kappa shape index (κ2) is 6.56. The van der Waals surface area contributed by atoms with Gasteiger partial charge in [-0.1, -0.05) is 12.8 Å². The van der Waals surface area contributed by atoms with Crippen molar-refractivity contribution >= 4 is 30.2 Å². The van der Waals surface area contributed by atoms with E-state index in [1.165, 1.54) is 0 Å². The Morgan fingerprint density at radius 2 is 1.67 bits per heavy atom. The van der Waals surface area contributed by atoms with Crippen LogP contribution in [0.5, 0.6) is 5.75 Å².